The highest BCUT2D eigenvalue weighted by molar-refractivity contribution is 5.84. The Bertz CT molecular complexity index is 292. The van der Waals surface area contributed by atoms with Crippen molar-refractivity contribution in [1.29, 1.82) is 0 Å². The molecule has 1 amide bonds. The molecular formula is C15H32N4O. The summed E-state index contributed by atoms with van der Waals surface area (Å²) in [5, 5.41) is 3.03. The lowest BCUT2D eigenvalue weighted by atomic mass is 9.94. The van der Waals surface area contributed by atoms with Gasteiger partial charge in [0.1, 0.15) is 0 Å². The minimum atomic E-state index is -0.561. The lowest BCUT2D eigenvalue weighted by Gasteiger charge is -2.26. The van der Waals surface area contributed by atoms with E-state index in [4.69, 9.17) is 5.73 Å². The fraction of sp³-hybridized carbons (Fsp3) is 0.933. The van der Waals surface area contributed by atoms with Crippen LogP contribution < -0.4 is 11.1 Å². The summed E-state index contributed by atoms with van der Waals surface area (Å²) in [4.78, 5) is 16.3. The molecule has 0 spiro atoms. The molecule has 5 heteroatoms. The van der Waals surface area contributed by atoms with E-state index >= 15 is 0 Å². The molecule has 0 aromatic heterocycles. The van der Waals surface area contributed by atoms with Crippen LogP contribution in [0.25, 0.3) is 0 Å². The molecule has 0 bridgehead atoms. The Morgan fingerprint density at radius 2 is 1.95 bits per heavy atom. The molecule has 1 saturated heterocycles. The molecule has 20 heavy (non-hydrogen) atoms. The normalized spacial score (nSPS) is 19.4. The number of carbonyl (C=O) groups is 1. The second-order valence-corrected chi connectivity index (χ2v) is 6.26. The second-order valence-electron chi connectivity index (χ2n) is 6.26. The molecule has 1 heterocycles. The summed E-state index contributed by atoms with van der Waals surface area (Å²) >= 11 is 0. The van der Waals surface area contributed by atoms with Gasteiger partial charge in [0.05, 0.1) is 5.54 Å². The van der Waals surface area contributed by atoms with Crippen LogP contribution in [-0.4, -0.2) is 68.1 Å². The number of rotatable bonds is 10. The number of nitrogens with two attached hydrogens (primary N) is 1. The summed E-state index contributed by atoms with van der Waals surface area (Å²) in [6.45, 7) is 7.84. The summed E-state index contributed by atoms with van der Waals surface area (Å²) in [6.07, 6.45) is 5.66. The molecule has 5 nitrogen and oxygen atoms in total. The number of amides is 1. The Kier molecular flexibility index (Phi) is 7.48. The maximum atomic E-state index is 11.4. The highest BCUT2D eigenvalue weighted by Crippen LogP contribution is 2.13. The van der Waals surface area contributed by atoms with E-state index < -0.39 is 5.54 Å². The fourth-order valence-corrected chi connectivity index (χ4v) is 2.66. The van der Waals surface area contributed by atoms with Gasteiger partial charge in [-0.3, -0.25) is 4.79 Å². The van der Waals surface area contributed by atoms with E-state index in [1.165, 1.54) is 32.5 Å². The molecule has 0 saturated carbocycles. The Balaban J connectivity index is 2.09. The number of likely N-dealkylation sites (tertiary alicyclic amines) is 1. The Labute approximate surface area is 123 Å². The number of primary amides is 1. The average molecular weight is 284 g/mol. The number of unbranched alkanes of at least 4 members (excludes halogenated alkanes) is 1. The van der Waals surface area contributed by atoms with Gasteiger partial charge in [0.25, 0.3) is 0 Å². The van der Waals surface area contributed by atoms with Gasteiger partial charge in [-0.25, -0.2) is 0 Å². The molecule has 1 aliphatic heterocycles. The van der Waals surface area contributed by atoms with E-state index in [-0.39, 0.29) is 5.91 Å². The average Bonchev–Trinajstić information content (AvgIpc) is 2.94. The summed E-state index contributed by atoms with van der Waals surface area (Å²) in [7, 11) is 3.98. The SMILES string of the molecule is CNC(C)(CCCCN(C)CCN1CCCC1)C(N)=O. The minimum Gasteiger partial charge on any atom is -0.368 e. The third-order valence-electron chi connectivity index (χ3n) is 4.56. The Morgan fingerprint density at radius 1 is 1.30 bits per heavy atom. The lowest BCUT2D eigenvalue weighted by Crippen LogP contribution is -2.51. The highest BCUT2D eigenvalue weighted by atomic mass is 16.1. The van der Waals surface area contributed by atoms with E-state index in [1.807, 2.05) is 6.92 Å². The lowest BCUT2D eigenvalue weighted by molar-refractivity contribution is -0.123. The van der Waals surface area contributed by atoms with Crippen LogP contribution in [0.4, 0.5) is 0 Å². The topological polar surface area (TPSA) is 61.6 Å². The zero-order chi connectivity index (χ0) is 15.0. The predicted molar refractivity (Wildman–Crippen MR) is 83.7 cm³/mol. The van der Waals surface area contributed by atoms with E-state index in [1.54, 1.807) is 7.05 Å². The van der Waals surface area contributed by atoms with Gasteiger partial charge >= 0.3 is 0 Å². The first kappa shape index (κ1) is 17.4. The number of nitrogens with zero attached hydrogens (tertiary/aromatic N) is 2. The van der Waals surface area contributed by atoms with Crippen LogP contribution in [0, 0.1) is 0 Å². The highest BCUT2D eigenvalue weighted by Gasteiger charge is 2.27. The summed E-state index contributed by atoms with van der Waals surface area (Å²) in [5.41, 5.74) is 4.86. The first-order chi connectivity index (χ1) is 9.48. The zero-order valence-corrected chi connectivity index (χ0v) is 13.5. The van der Waals surface area contributed by atoms with Gasteiger partial charge in [-0.15, -0.1) is 0 Å². The maximum Gasteiger partial charge on any atom is 0.237 e. The third-order valence-corrected chi connectivity index (χ3v) is 4.56. The van der Waals surface area contributed by atoms with Crippen molar-refractivity contribution >= 4 is 5.91 Å². The van der Waals surface area contributed by atoms with Crippen LogP contribution in [0.3, 0.4) is 0 Å². The van der Waals surface area contributed by atoms with E-state index in [0.717, 1.165) is 32.4 Å². The van der Waals surface area contributed by atoms with Crippen molar-refractivity contribution in [3.05, 3.63) is 0 Å². The van der Waals surface area contributed by atoms with Crippen LogP contribution in [-0.2, 0) is 4.79 Å². The fourth-order valence-electron chi connectivity index (χ4n) is 2.66. The number of carbonyl (C=O) groups excluding carboxylic acids is 1. The minimum absolute atomic E-state index is 0.262. The van der Waals surface area contributed by atoms with Crippen molar-refractivity contribution in [3.63, 3.8) is 0 Å². The smallest absolute Gasteiger partial charge is 0.237 e. The molecule has 0 aromatic rings. The molecule has 0 radical (unpaired) electrons. The van der Waals surface area contributed by atoms with E-state index in [0.29, 0.717) is 0 Å². The molecule has 3 N–H and O–H groups in total. The molecule has 1 unspecified atom stereocenters. The van der Waals surface area contributed by atoms with Crippen molar-refractivity contribution in [3.8, 4) is 0 Å². The van der Waals surface area contributed by atoms with Crippen molar-refractivity contribution in [2.75, 3.05) is 46.8 Å². The van der Waals surface area contributed by atoms with E-state index in [9.17, 15) is 4.79 Å². The first-order valence-corrected chi connectivity index (χ1v) is 7.87. The molecule has 1 aliphatic rings. The molecule has 1 rings (SSSR count). The maximum absolute atomic E-state index is 11.4. The largest absolute Gasteiger partial charge is 0.368 e. The van der Waals surface area contributed by atoms with Crippen LogP contribution in [0.1, 0.15) is 39.0 Å². The monoisotopic (exact) mass is 284 g/mol. The standard InChI is InChI=1S/C15H32N4O/c1-15(17-2,14(16)20)8-4-5-9-18(3)12-13-19-10-6-7-11-19/h17H,4-13H2,1-3H3,(H2,16,20). The Morgan fingerprint density at radius 3 is 2.50 bits per heavy atom. The van der Waals surface area contributed by atoms with Crippen LogP contribution in [0.5, 0.6) is 0 Å². The van der Waals surface area contributed by atoms with Gasteiger partial charge in [-0.2, -0.15) is 0 Å². The molecular weight excluding hydrogens is 252 g/mol. The van der Waals surface area contributed by atoms with Gasteiger partial charge in [-0.05, 0) is 72.8 Å². The first-order valence-electron chi connectivity index (χ1n) is 7.87. The third kappa shape index (κ3) is 5.77. The zero-order valence-electron chi connectivity index (χ0n) is 13.5. The summed E-state index contributed by atoms with van der Waals surface area (Å²) in [6, 6.07) is 0. The number of hydrogen-bond donors (Lipinski definition) is 2. The van der Waals surface area contributed by atoms with Gasteiger partial charge in [-0.1, -0.05) is 0 Å². The summed E-state index contributed by atoms with van der Waals surface area (Å²) < 4.78 is 0. The van der Waals surface area contributed by atoms with Crippen molar-refractivity contribution < 1.29 is 4.79 Å². The van der Waals surface area contributed by atoms with Crippen LogP contribution >= 0.6 is 0 Å². The summed E-state index contributed by atoms with van der Waals surface area (Å²) in [5.74, 6) is -0.262. The predicted octanol–water partition coefficient (Wildman–Crippen LogP) is 0.648. The molecule has 1 atom stereocenters. The molecule has 1 fully saturated rings. The van der Waals surface area contributed by atoms with Gasteiger partial charge in [0.2, 0.25) is 5.91 Å². The number of nitrogens with one attached hydrogen (secondary N) is 1. The second kappa shape index (κ2) is 8.60. The van der Waals surface area contributed by atoms with Crippen molar-refractivity contribution in [2.45, 2.75) is 44.6 Å². The van der Waals surface area contributed by atoms with Gasteiger partial charge in [0.15, 0.2) is 0 Å². The van der Waals surface area contributed by atoms with Gasteiger partial charge in [0, 0.05) is 13.1 Å². The number of hydrogen-bond acceptors (Lipinski definition) is 4. The molecule has 0 aliphatic carbocycles. The van der Waals surface area contributed by atoms with Crippen molar-refractivity contribution in [1.82, 2.24) is 15.1 Å². The quantitative estimate of drug-likeness (QED) is 0.578. The van der Waals surface area contributed by atoms with Gasteiger partial charge < -0.3 is 20.9 Å². The van der Waals surface area contributed by atoms with E-state index in [2.05, 4.69) is 22.2 Å². The molecule has 118 valence electrons. The van der Waals surface area contributed by atoms with Crippen LogP contribution in [0.15, 0.2) is 0 Å². The number of likely N-dealkylation sites (N-methyl/N-ethyl adjacent to an activating group) is 2. The van der Waals surface area contributed by atoms with Crippen molar-refractivity contribution in [2.24, 2.45) is 5.73 Å². The van der Waals surface area contributed by atoms with Crippen LogP contribution in [0.2, 0.25) is 0 Å². The Hall–Kier alpha value is -0.650. The molecule has 0 aromatic carbocycles.